The Morgan fingerprint density at radius 3 is 2.57 bits per heavy atom. The van der Waals surface area contributed by atoms with E-state index in [-0.39, 0.29) is 11.9 Å². The average Bonchev–Trinajstić information content (AvgIpc) is 2.61. The van der Waals surface area contributed by atoms with Gasteiger partial charge in [0.05, 0.1) is 19.1 Å². The van der Waals surface area contributed by atoms with Gasteiger partial charge in [-0.25, -0.2) is 0 Å². The summed E-state index contributed by atoms with van der Waals surface area (Å²) in [6.45, 7) is 0. The molecule has 0 radical (unpaired) electrons. The van der Waals surface area contributed by atoms with Gasteiger partial charge >= 0.3 is 0 Å². The Bertz CT molecular complexity index is 881. The maximum absolute atomic E-state index is 12.7. The summed E-state index contributed by atoms with van der Waals surface area (Å²) in [5.41, 5.74) is 1.69. The van der Waals surface area contributed by atoms with Crippen molar-refractivity contribution in [2.24, 2.45) is 0 Å². The second-order valence-corrected chi connectivity index (χ2v) is 5.67. The van der Waals surface area contributed by atoms with Crippen molar-refractivity contribution in [1.29, 1.82) is 0 Å². The van der Waals surface area contributed by atoms with Gasteiger partial charge in [-0.1, -0.05) is 42.5 Å². The minimum absolute atomic E-state index is 0.129. The van der Waals surface area contributed by atoms with Gasteiger partial charge in [0.2, 0.25) is 0 Å². The molecule has 0 fully saturated rings. The van der Waals surface area contributed by atoms with E-state index in [0.29, 0.717) is 17.7 Å². The molecule has 0 spiro atoms. The Balaban J connectivity index is 1.74. The van der Waals surface area contributed by atoms with Crippen LogP contribution in [0, 0.1) is 0 Å². The molecule has 3 aromatic carbocycles. The SMILES string of the molecule is COc1ccc([C@@H]2CC(=O)c3c(ccc4ccccc34)O2)cc1. The lowest BCUT2D eigenvalue weighted by atomic mass is 9.92. The van der Waals surface area contributed by atoms with Crippen LogP contribution in [0.5, 0.6) is 11.5 Å². The van der Waals surface area contributed by atoms with Crippen LogP contribution in [0.4, 0.5) is 0 Å². The zero-order chi connectivity index (χ0) is 15.8. The van der Waals surface area contributed by atoms with E-state index in [2.05, 4.69) is 0 Å². The molecular formula is C20H16O3. The van der Waals surface area contributed by atoms with E-state index in [1.807, 2.05) is 60.7 Å². The van der Waals surface area contributed by atoms with Gasteiger partial charge in [0, 0.05) is 0 Å². The molecule has 3 aromatic rings. The van der Waals surface area contributed by atoms with Gasteiger partial charge in [0.1, 0.15) is 17.6 Å². The number of carbonyl (C=O) groups excluding carboxylic acids is 1. The van der Waals surface area contributed by atoms with Gasteiger partial charge < -0.3 is 9.47 Å². The monoisotopic (exact) mass is 304 g/mol. The molecule has 1 aliphatic rings. The number of methoxy groups -OCH3 is 1. The lowest BCUT2D eigenvalue weighted by Gasteiger charge is -2.26. The fourth-order valence-electron chi connectivity index (χ4n) is 3.11. The van der Waals surface area contributed by atoms with Crippen LogP contribution in [-0.2, 0) is 0 Å². The average molecular weight is 304 g/mol. The number of hydrogen-bond acceptors (Lipinski definition) is 3. The third-order valence-electron chi connectivity index (χ3n) is 4.30. The third kappa shape index (κ3) is 2.34. The molecule has 0 saturated heterocycles. The molecule has 0 saturated carbocycles. The molecule has 3 nitrogen and oxygen atoms in total. The van der Waals surface area contributed by atoms with Crippen molar-refractivity contribution in [3.8, 4) is 11.5 Å². The molecule has 4 rings (SSSR count). The molecule has 1 heterocycles. The zero-order valence-corrected chi connectivity index (χ0v) is 12.8. The van der Waals surface area contributed by atoms with E-state index in [0.717, 1.165) is 22.1 Å². The fourth-order valence-corrected chi connectivity index (χ4v) is 3.11. The Labute approximate surface area is 134 Å². The topological polar surface area (TPSA) is 35.5 Å². The van der Waals surface area contributed by atoms with Crippen LogP contribution in [0.15, 0.2) is 60.7 Å². The smallest absolute Gasteiger partial charge is 0.171 e. The molecule has 0 unspecified atom stereocenters. The highest BCUT2D eigenvalue weighted by Gasteiger charge is 2.29. The van der Waals surface area contributed by atoms with Gasteiger partial charge in [-0.2, -0.15) is 0 Å². The number of hydrogen-bond donors (Lipinski definition) is 0. The predicted octanol–water partition coefficient (Wildman–Crippen LogP) is 4.55. The minimum Gasteiger partial charge on any atom is -0.497 e. The maximum Gasteiger partial charge on any atom is 0.171 e. The first-order valence-corrected chi connectivity index (χ1v) is 7.62. The Hall–Kier alpha value is -2.81. The highest BCUT2D eigenvalue weighted by atomic mass is 16.5. The second kappa shape index (κ2) is 5.43. The summed E-state index contributed by atoms with van der Waals surface area (Å²) in [7, 11) is 1.64. The van der Waals surface area contributed by atoms with Crippen molar-refractivity contribution in [3.05, 3.63) is 71.8 Å². The maximum atomic E-state index is 12.7. The normalized spacial score (nSPS) is 16.7. The summed E-state index contributed by atoms with van der Waals surface area (Å²) in [4.78, 5) is 12.7. The first-order chi connectivity index (χ1) is 11.3. The lowest BCUT2D eigenvalue weighted by molar-refractivity contribution is 0.0853. The number of ketones is 1. The Morgan fingerprint density at radius 1 is 1.00 bits per heavy atom. The fraction of sp³-hybridized carbons (Fsp3) is 0.150. The largest absolute Gasteiger partial charge is 0.497 e. The van der Waals surface area contributed by atoms with E-state index >= 15 is 0 Å². The molecule has 114 valence electrons. The first-order valence-electron chi connectivity index (χ1n) is 7.62. The second-order valence-electron chi connectivity index (χ2n) is 5.67. The van der Waals surface area contributed by atoms with Gasteiger partial charge in [0.15, 0.2) is 5.78 Å². The quantitative estimate of drug-likeness (QED) is 0.696. The molecule has 3 heteroatoms. The van der Waals surface area contributed by atoms with Gasteiger partial charge in [-0.3, -0.25) is 4.79 Å². The lowest BCUT2D eigenvalue weighted by Crippen LogP contribution is -2.20. The standard InChI is InChI=1S/C20H16O3/c1-22-15-9-6-14(7-10-15)19-12-17(21)20-16-5-3-2-4-13(16)8-11-18(20)23-19/h2-11,19H,12H2,1H3/t19-/m0/s1. The van der Waals surface area contributed by atoms with Crippen LogP contribution in [0.1, 0.15) is 28.4 Å². The van der Waals surface area contributed by atoms with Crippen molar-refractivity contribution < 1.29 is 14.3 Å². The number of Topliss-reactive ketones (excluding diaryl/α,β-unsaturated/α-hetero) is 1. The number of benzene rings is 3. The summed E-state index contributed by atoms with van der Waals surface area (Å²) in [5, 5.41) is 2.02. The van der Waals surface area contributed by atoms with Crippen molar-refractivity contribution in [2.75, 3.05) is 7.11 Å². The first kappa shape index (κ1) is 13.8. The van der Waals surface area contributed by atoms with Crippen molar-refractivity contribution in [2.45, 2.75) is 12.5 Å². The summed E-state index contributed by atoms with van der Waals surface area (Å²) in [5.74, 6) is 1.59. The Kier molecular flexibility index (Phi) is 3.27. The van der Waals surface area contributed by atoms with E-state index in [9.17, 15) is 4.79 Å². The van der Waals surface area contributed by atoms with Crippen molar-refractivity contribution in [3.63, 3.8) is 0 Å². The molecule has 0 amide bonds. The number of ether oxygens (including phenoxy) is 2. The van der Waals surface area contributed by atoms with Crippen molar-refractivity contribution in [1.82, 2.24) is 0 Å². The summed E-state index contributed by atoms with van der Waals surface area (Å²) >= 11 is 0. The molecular weight excluding hydrogens is 288 g/mol. The van der Waals surface area contributed by atoms with Crippen LogP contribution >= 0.6 is 0 Å². The van der Waals surface area contributed by atoms with E-state index < -0.39 is 0 Å². The van der Waals surface area contributed by atoms with E-state index in [4.69, 9.17) is 9.47 Å². The number of carbonyl (C=O) groups is 1. The Morgan fingerprint density at radius 2 is 1.78 bits per heavy atom. The predicted molar refractivity (Wildman–Crippen MR) is 89.3 cm³/mol. The number of fused-ring (bicyclic) bond motifs is 3. The van der Waals surface area contributed by atoms with Gasteiger partial charge in [0.25, 0.3) is 0 Å². The number of rotatable bonds is 2. The third-order valence-corrected chi connectivity index (χ3v) is 4.30. The summed E-state index contributed by atoms with van der Waals surface area (Å²) < 4.78 is 11.3. The molecule has 23 heavy (non-hydrogen) atoms. The van der Waals surface area contributed by atoms with Crippen LogP contribution in [-0.4, -0.2) is 12.9 Å². The molecule has 0 bridgehead atoms. The van der Waals surface area contributed by atoms with Crippen LogP contribution in [0.2, 0.25) is 0 Å². The molecule has 1 atom stereocenters. The zero-order valence-electron chi connectivity index (χ0n) is 12.8. The summed E-state index contributed by atoms with van der Waals surface area (Å²) in [6, 6.07) is 19.5. The molecule has 1 aliphatic heterocycles. The summed E-state index contributed by atoms with van der Waals surface area (Å²) in [6.07, 6.45) is 0.106. The van der Waals surface area contributed by atoms with Gasteiger partial charge in [-0.05, 0) is 34.5 Å². The van der Waals surface area contributed by atoms with E-state index in [1.54, 1.807) is 7.11 Å². The van der Waals surface area contributed by atoms with Crippen LogP contribution in [0.25, 0.3) is 10.8 Å². The minimum atomic E-state index is -0.248. The van der Waals surface area contributed by atoms with E-state index in [1.165, 1.54) is 0 Å². The van der Waals surface area contributed by atoms with Crippen LogP contribution < -0.4 is 9.47 Å². The van der Waals surface area contributed by atoms with Gasteiger partial charge in [-0.15, -0.1) is 0 Å². The highest BCUT2D eigenvalue weighted by Crippen LogP contribution is 2.38. The molecule has 0 aliphatic carbocycles. The molecule has 0 aromatic heterocycles. The van der Waals surface area contributed by atoms with Crippen molar-refractivity contribution >= 4 is 16.6 Å². The molecule has 0 N–H and O–H groups in total. The van der Waals surface area contributed by atoms with Crippen LogP contribution in [0.3, 0.4) is 0 Å². The highest BCUT2D eigenvalue weighted by molar-refractivity contribution is 6.11.